The summed E-state index contributed by atoms with van der Waals surface area (Å²) in [5, 5.41) is 8.45. The van der Waals surface area contributed by atoms with Gasteiger partial charge in [-0.05, 0) is 55.5 Å². The van der Waals surface area contributed by atoms with E-state index in [1.165, 1.54) is 17.4 Å². The van der Waals surface area contributed by atoms with Gasteiger partial charge in [-0.15, -0.1) is 11.3 Å². The molecule has 0 spiro atoms. The maximum absolute atomic E-state index is 11.2. The number of benzene rings is 1. The molecule has 0 aliphatic carbocycles. The fourth-order valence-electron chi connectivity index (χ4n) is 2.18. The van der Waals surface area contributed by atoms with E-state index in [1.54, 1.807) is 11.3 Å². The van der Waals surface area contributed by atoms with E-state index in [0.717, 1.165) is 16.9 Å². The third-order valence-electron chi connectivity index (χ3n) is 3.23. The van der Waals surface area contributed by atoms with Crippen LogP contribution in [0, 0.1) is 13.8 Å². The lowest BCUT2D eigenvalue weighted by atomic mass is 10.1. The average Bonchev–Trinajstić information content (AvgIpc) is 2.79. The van der Waals surface area contributed by atoms with Gasteiger partial charge in [0.1, 0.15) is 0 Å². The summed E-state index contributed by atoms with van der Waals surface area (Å²) < 4.78 is 0. The molecule has 0 saturated heterocycles. The second kappa shape index (κ2) is 6.09. The minimum absolute atomic E-state index is 0.0487. The van der Waals surface area contributed by atoms with Crippen molar-refractivity contribution in [1.29, 1.82) is 0 Å². The molecule has 0 aliphatic heterocycles. The number of hydrogen-bond acceptors (Lipinski definition) is 3. The molecule has 4 heteroatoms. The highest BCUT2D eigenvalue weighted by Gasteiger charge is 2.10. The van der Waals surface area contributed by atoms with E-state index < -0.39 is 0 Å². The number of anilines is 2. The Hall–Kier alpha value is -1.81. The molecular formula is C16H20N2OS. The molecule has 0 radical (unpaired) electrons. The molecule has 3 nitrogen and oxygen atoms in total. The molecule has 2 rings (SSSR count). The predicted octanol–water partition coefficient (Wildman–Crippen LogP) is 4.50. The lowest BCUT2D eigenvalue weighted by molar-refractivity contribution is -0.114. The van der Waals surface area contributed by atoms with Crippen LogP contribution in [0.5, 0.6) is 0 Å². The Morgan fingerprint density at radius 2 is 1.95 bits per heavy atom. The van der Waals surface area contributed by atoms with Gasteiger partial charge in [0.15, 0.2) is 0 Å². The number of aryl methyl sites for hydroxylation is 2. The summed E-state index contributed by atoms with van der Waals surface area (Å²) in [5.74, 6) is -0.0487. The Morgan fingerprint density at radius 1 is 1.20 bits per heavy atom. The first-order valence-electron chi connectivity index (χ1n) is 6.66. The molecule has 2 aromatic rings. The predicted molar refractivity (Wildman–Crippen MR) is 86.6 cm³/mol. The molecule has 1 atom stereocenters. The van der Waals surface area contributed by atoms with Crippen molar-refractivity contribution in [2.75, 3.05) is 10.6 Å². The number of amides is 1. The van der Waals surface area contributed by atoms with Crippen LogP contribution in [0.15, 0.2) is 29.6 Å². The van der Waals surface area contributed by atoms with Gasteiger partial charge in [-0.2, -0.15) is 0 Å². The van der Waals surface area contributed by atoms with Crippen molar-refractivity contribution < 1.29 is 4.79 Å². The summed E-state index contributed by atoms with van der Waals surface area (Å²) in [6.45, 7) is 7.79. The van der Waals surface area contributed by atoms with Crippen LogP contribution in [0.1, 0.15) is 35.9 Å². The van der Waals surface area contributed by atoms with Crippen molar-refractivity contribution in [3.8, 4) is 0 Å². The Bertz CT molecular complexity index is 619. The molecule has 1 unspecified atom stereocenters. The van der Waals surface area contributed by atoms with Crippen LogP contribution in [-0.4, -0.2) is 5.91 Å². The smallest absolute Gasteiger partial charge is 0.221 e. The molecular weight excluding hydrogens is 268 g/mol. The van der Waals surface area contributed by atoms with E-state index in [1.807, 2.05) is 25.1 Å². The van der Waals surface area contributed by atoms with Gasteiger partial charge < -0.3 is 10.6 Å². The van der Waals surface area contributed by atoms with E-state index in [-0.39, 0.29) is 11.9 Å². The number of carbonyl (C=O) groups excluding carboxylic acids is 1. The zero-order chi connectivity index (χ0) is 14.7. The fraction of sp³-hybridized carbons (Fsp3) is 0.312. The molecule has 1 aromatic carbocycles. The standard InChI is InChI=1S/C16H20N2OS/c1-10-5-6-14(9-15(10)18-13(4)19)17-12(3)16-11(2)7-8-20-16/h5-9,12,17H,1-4H3,(H,18,19). The Labute approximate surface area is 124 Å². The largest absolute Gasteiger partial charge is 0.378 e. The lowest BCUT2D eigenvalue weighted by Gasteiger charge is -2.17. The monoisotopic (exact) mass is 288 g/mol. The average molecular weight is 288 g/mol. The SMILES string of the molecule is CC(=O)Nc1cc(NC(C)c2sccc2C)ccc1C. The van der Waals surface area contributed by atoms with Crippen LogP contribution in [0.2, 0.25) is 0 Å². The van der Waals surface area contributed by atoms with E-state index in [9.17, 15) is 4.79 Å². The molecule has 0 fully saturated rings. The summed E-state index contributed by atoms with van der Waals surface area (Å²) in [5.41, 5.74) is 4.24. The Kier molecular flexibility index (Phi) is 4.45. The molecule has 1 heterocycles. The quantitative estimate of drug-likeness (QED) is 0.870. The number of rotatable bonds is 4. The summed E-state index contributed by atoms with van der Waals surface area (Å²) in [7, 11) is 0. The van der Waals surface area contributed by atoms with Crippen LogP contribution < -0.4 is 10.6 Å². The number of nitrogens with one attached hydrogen (secondary N) is 2. The van der Waals surface area contributed by atoms with Crippen molar-refractivity contribution in [3.63, 3.8) is 0 Å². The van der Waals surface area contributed by atoms with Crippen LogP contribution in [0.4, 0.5) is 11.4 Å². The highest BCUT2D eigenvalue weighted by atomic mass is 32.1. The lowest BCUT2D eigenvalue weighted by Crippen LogP contribution is -2.09. The third kappa shape index (κ3) is 3.39. The van der Waals surface area contributed by atoms with Crippen molar-refractivity contribution in [2.24, 2.45) is 0 Å². The van der Waals surface area contributed by atoms with Gasteiger partial charge in [0.05, 0.1) is 6.04 Å². The normalized spacial score (nSPS) is 12.0. The zero-order valence-electron chi connectivity index (χ0n) is 12.3. The second-order valence-corrected chi connectivity index (χ2v) is 5.99. The minimum atomic E-state index is -0.0487. The molecule has 1 aromatic heterocycles. The van der Waals surface area contributed by atoms with Gasteiger partial charge in [-0.3, -0.25) is 4.79 Å². The van der Waals surface area contributed by atoms with Crippen LogP contribution >= 0.6 is 11.3 Å². The summed E-state index contributed by atoms with van der Waals surface area (Å²) in [6.07, 6.45) is 0. The maximum atomic E-state index is 11.2. The highest BCUT2D eigenvalue weighted by Crippen LogP contribution is 2.28. The molecule has 1 amide bonds. The topological polar surface area (TPSA) is 41.1 Å². The van der Waals surface area contributed by atoms with Crippen molar-refractivity contribution >= 4 is 28.6 Å². The van der Waals surface area contributed by atoms with E-state index >= 15 is 0 Å². The van der Waals surface area contributed by atoms with Gasteiger partial charge in [0.25, 0.3) is 0 Å². The first kappa shape index (κ1) is 14.6. The molecule has 0 saturated carbocycles. The first-order chi connectivity index (χ1) is 9.47. The molecule has 0 aliphatic rings. The van der Waals surface area contributed by atoms with Gasteiger partial charge in [0.2, 0.25) is 5.91 Å². The number of hydrogen-bond donors (Lipinski definition) is 2. The van der Waals surface area contributed by atoms with Crippen molar-refractivity contribution in [3.05, 3.63) is 45.6 Å². The van der Waals surface area contributed by atoms with E-state index in [2.05, 4.69) is 35.9 Å². The van der Waals surface area contributed by atoms with Crippen LogP contribution in [0.3, 0.4) is 0 Å². The maximum Gasteiger partial charge on any atom is 0.221 e. The summed E-state index contributed by atoms with van der Waals surface area (Å²) in [6, 6.07) is 8.43. The highest BCUT2D eigenvalue weighted by molar-refractivity contribution is 7.10. The summed E-state index contributed by atoms with van der Waals surface area (Å²) in [4.78, 5) is 12.5. The van der Waals surface area contributed by atoms with Gasteiger partial charge in [-0.1, -0.05) is 6.07 Å². The number of carbonyl (C=O) groups is 1. The molecule has 20 heavy (non-hydrogen) atoms. The molecule has 0 bridgehead atoms. The van der Waals surface area contributed by atoms with Gasteiger partial charge in [-0.25, -0.2) is 0 Å². The minimum Gasteiger partial charge on any atom is -0.378 e. The number of thiophene rings is 1. The van der Waals surface area contributed by atoms with Gasteiger partial charge >= 0.3 is 0 Å². The first-order valence-corrected chi connectivity index (χ1v) is 7.54. The van der Waals surface area contributed by atoms with E-state index in [4.69, 9.17) is 0 Å². The summed E-state index contributed by atoms with van der Waals surface area (Å²) >= 11 is 1.76. The van der Waals surface area contributed by atoms with Gasteiger partial charge in [0, 0.05) is 23.2 Å². The third-order valence-corrected chi connectivity index (χ3v) is 4.43. The Balaban J connectivity index is 2.17. The van der Waals surface area contributed by atoms with Crippen molar-refractivity contribution in [2.45, 2.75) is 33.7 Å². The zero-order valence-corrected chi connectivity index (χ0v) is 13.1. The van der Waals surface area contributed by atoms with Crippen LogP contribution in [0.25, 0.3) is 0 Å². The molecule has 106 valence electrons. The fourth-order valence-corrected chi connectivity index (χ4v) is 3.12. The Morgan fingerprint density at radius 3 is 2.55 bits per heavy atom. The van der Waals surface area contributed by atoms with Crippen LogP contribution in [-0.2, 0) is 4.79 Å². The van der Waals surface area contributed by atoms with Crippen molar-refractivity contribution in [1.82, 2.24) is 0 Å². The van der Waals surface area contributed by atoms with E-state index in [0.29, 0.717) is 0 Å². The second-order valence-electron chi connectivity index (χ2n) is 5.04. The molecule has 2 N–H and O–H groups in total.